The second-order valence-electron chi connectivity index (χ2n) is 4.56. The van der Waals surface area contributed by atoms with Crippen LogP contribution in [0.25, 0.3) is 0 Å². The Kier molecular flexibility index (Phi) is 7.60. The van der Waals surface area contributed by atoms with Gasteiger partial charge in [0.15, 0.2) is 0 Å². The van der Waals surface area contributed by atoms with Crippen LogP contribution in [-0.4, -0.2) is 22.2 Å². The molecular formula is C12H22O4. The molecule has 0 rings (SSSR count). The molecule has 2 unspecified atom stereocenters. The topological polar surface area (TPSA) is 74.6 Å². The Labute approximate surface area is 96.7 Å². The molecule has 0 radical (unpaired) electrons. The first-order chi connectivity index (χ1) is 7.43. The maximum absolute atomic E-state index is 10.6. The number of hydrogen-bond acceptors (Lipinski definition) is 2. The summed E-state index contributed by atoms with van der Waals surface area (Å²) in [7, 11) is 0. The zero-order valence-electron chi connectivity index (χ0n) is 10.1. The van der Waals surface area contributed by atoms with Gasteiger partial charge in [0.25, 0.3) is 0 Å². The smallest absolute Gasteiger partial charge is 0.306 e. The summed E-state index contributed by atoms with van der Waals surface area (Å²) in [5, 5.41) is 17.2. The van der Waals surface area contributed by atoms with E-state index in [1.807, 2.05) is 0 Å². The molecule has 0 saturated carbocycles. The Balaban J connectivity index is 3.47. The van der Waals surface area contributed by atoms with Crippen LogP contribution in [-0.2, 0) is 9.59 Å². The summed E-state index contributed by atoms with van der Waals surface area (Å²) in [6.45, 7) is 3.81. The van der Waals surface area contributed by atoms with Gasteiger partial charge < -0.3 is 10.2 Å². The lowest BCUT2D eigenvalue weighted by Crippen LogP contribution is -2.09. The van der Waals surface area contributed by atoms with E-state index in [9.17, 15) is 9.59 Å². The van der Waals surface area contributed by atoms with Crippen molar-refractivity contribution in [2.24, 2.45) is 11.8 Å². The van der Waals surface area contributed by atoms with Gasteiger partial charge in [-0.1, -0.05) is 33.1 Å². The van der Waals surface area contributed by atoms with Crippen molar-refractivity contribution < 1.29 is 19.8 Å². The fraction of sp³-hybridized carbons (Fsp3) is 0.833. The molecule has 0 aliphatic rings. The highest BCUT2D eigenvalue weighted by Gasteiger charge is 2.11. The van der Waals surface area contributed by atoms with E-state index < -0.39 is 11.9 Å². The first-order valence-electron chi connectivity index (χ1n) is 5.88. The van der Waals surface area contributed by atoms with E-state index >= 15 is 0 Å². The molecule has 16 heavy (non-hydrogen) atoms. The summed E-state index contributed by atoms with van der Waals surface area (Å²) >= 11 is 0. The van der Waals surface area contributed by atoms with E-state index in [0.717, 1.165) is 19.3 Å². The van der Waals surface area contributed by atoms with Gasteiger partial charge in [0.05, 0.1) is 5.92 Å². The van der Waals surface area contributed by atoms with Crippen molar-refractivity contribution in [1.29, 1.82) is 0 Å². The molecule has 0 fully saturated rings. The van der Waals surface area contributed by atoms with Crippen LogP contribution in [0.5, 0.6) is 0 Å². The average Bonchev–Trinajstić information content (AvgIpc) is 2.16. The lowest BCUT2D eigenvalue weighted by atomic mass is 9.95. The van der Waals surface area contributed by atoms with Crippen molar-refractivity contribution in [1.82, 2.24) is 0 Å². The van der Waals surface area contributed by atoms with Gasteiger partial charge in [-0.15, -0.1) is 0 Å². The fourth-order valence-corrected chi connectivity index (χ4v) is 1.64. The molecule has 0 spiro atoms. The van der Waals surface area contributed by atoms with Crippen molar-refractivity contribution in [2.75, 3.05) is 0 Å². The molecular weight excluding hydrogens is 208 g/mol. The van der Waals surface area contributed by atoms with Crippen molar-refractivity contribution in [3.63, 3.8) is 0 Å². The standard InChI is InChI=1S/C12H22O4/c1-9(6-4-8-11(13)14)5-3-7-10(2)12(15)16/h9-10H,3-8H2,1-2H3,(H,13,14)(H,15,16). The van der Waals surface area contributed by atoms with Crippen LogP contribution < -0.4 is 0 Å². The van der Waals surface area contributed by atoms with Gasteiger partial charge in [0.2, 0.25) is 0 Å². The Hall–Kier alpha value is -1.06. The summed E-state index contributed by atoms with van der Waals surface area (Å²) in [5.74, 6) is -1.27. The SMILES string of the molecule is CC(CCCC(=O)O)CCCC(C)C(=O)O. The summed E-state index contributed by atoms with van der Waals surface area (Å²) < 4.78 is 0. The van der Waals surface area contributed by atoms with Gasteiger partial charge >= 0.3 is 11.9 Å². The highest BCUT2D eigenvalue weighted by Crippen LogP contribution is 2.17. The Bertz CT molecular complexity index is 225. The number of aliphatic carboxylic acids is 2. The average molecular weight is 230 g/mol. The second kappa shape index (κ2) is 8.13. The molecule has 0 heterocycles. The minimum absolute atomic E-state index is 0.232. The van der Waals surface area contributed by atoms with Gasteiger partial charge in [0, 0.05) is 6.42 Å². The van der Waals surface area contributed by atoms with Gasteiger partial charge in [-0.3, -0.25) is 9.59 Å². The number of rotatable bonds is 9. The van der Waals surface area contributed by atoms with Crippen LogP contribution in [0.2, 0.25) is 0 Å². The predicted octanol–water partition coefficient (Wildman–Crippen LogP) is 2.77. The van der Waals surface area contributed by atoms with E-state index in [0.29, 0.717) is 18.8 Å². The van der Waals surface area contributed by atoms with Crippen molar-refractivity contribution in [2.45, 2.75) is 52.4 Å². The van der Waals surface area contributed by atoms with Crippen LogP contribution in [0.15, 0.2) is 0 Å². The Morgan fingerprint density at radius 3 is 2.06 bits per heavy atom. The van der Waals surface area contributed by atoms with Crippen LogP contribution in [0.1, 0.15) is 52.4 Å². The Morgan fingerprint density at radius 1 is 1.00 bits per heavy atom. The van der Waals surface area contributed by atoms with Crippen LogP contribution in [0.4, 0.5) is 0 Å². The molecule has 0 aromatic heterocycles. The quantitative estimate of drug-likeness (QED) is 0.638. The zero-order chi connectivity index (χ0) is 12.6. The maximum Gasteiger partial charge on any atom is 0.306 e. The number of carboxylic acids is 2. The molecule has 0 amide bonds. The highest BCUT2D eigenvalue weighted by molar-refractivity contribution is 5.69. The Morgan fingerprint density at radius 2 is 1.56 bits per heavy atom. The third-order valence-electron chi connectivity index (χ3n) is 2.84. The molecule has 0 aromatic rings. The van der Waals surface area contributed by atoms with Gasteiger partial charge in [-0.25, -0.2) is 0 Å². The summed E-state index contributed by atoms with van der Waals surface area (Å²) in [6, 6.07) is 0. The molecule has 0 aromatic carbocycles. The predicted molar refractivity (Wildman–Crippen MR) is 61.3 cm³/mol. The fourth-order valence-electron chi connectivity index (χ4n) is 1.64. The molecule has 0 bridgehead atoms. The van der Waals surface area contributed by atoms with E-state index in [1.165, 1.54) is 0 Å². The number of carbonyl (C=O) groups is 2. The molecule has 0 aliphatic heterocycles. The lowest BCUT2D eigenvalue weighted by Gasteiger charge is -2.11. The molecule has 2 atom stereocenters. The van der Waals surface area contributed by atoms with E-state index in [-0.39, 0.29) is 12.3 Å². The minimum atomic E-state index is -0.744. The van der Waals surface area contributed by atoms with Crippen LogP contribution in [0, 0.1) is 11.8 Å². The number of carboxylic acid groups (broad SMARTS) is 2. The van der Waals surface area contributed by atoms with E-state index in [4.69, 9.17) is 10.2 Å². The van der Waals surface area contributed by atoms with Gasteiger partial charge in [-0.05, 0) is 18.8 Å². The van der Waals surface area contributed by atoms with Gasteiger partial charge in [-0.2, -0.15) is 0 Å². The van der Waals surface area contributed by atoms with Crippen LogP contribution in [0.3, 0.4) is 0 Å². The lowest BCUT2D eigenvalue weighted by molar-refractivity contribution is -0.141. The van der Waals surface area contributed by atoms with Crippen LogP contribution >= 0.6 is 0 Å². The highest BCUT2D eigenvalue weighted by atomic mass is 16.4. The van der Waals surface area contributed by atoms with Crippen molar-refractivity contribution in [3.05, 3.63) is 0 Å². The van der Waals surface area contributed by atoms with E-state index in [2.05, 4.69) is 6.92 Å². The summed E-state index contributed by atoms with van der Waals surface area (Å²) in [4.78, 5) is 20.9. The minimum Gasteiger partial charge on any atom is -0.481 e. The molecule has 94 valence electrons. The normalized spacial score (nSPS) is 14.4. The largest absolute Gasteiger partial charge is 0.481 e. The van der Waals surface area contributed by atoms with E-state index in [1.54, 1.807) is 6.92 Å². The monoisotopic (exact) mass is 230 g/mol. The van der Waals surface area contributed by atoms with Crippen molar-refractivity contribution >= 4 is 11.9 Å². The second-order valence-corrected chi connectivity index (χ2v) is 4.56. The molecule has 4 nitrogen and oxygen atoms in total. The van der Waals surface area contributed by atoms with Gasteiger partial charge in [0.1, 0.15) is 0 Å². The third-order valence-corrected chi connectivity index (χ3v) is 2.84. The summed E-state index contributed by atoms with van der Waals surface area (Å²) in [6.07, 6.45) is 4.45. The third kappa shape index (κ3) is 8.26. The zero-order valence-corrected chi connectivity index (χ0v) is 10.1. The molecule has 4 heteroatoms. The van der Waals surface area contributed by atoms with Crippen molar-refractivity contribution in [3.8, 4) is 0 Å². The summed E-state index contributed by atoms with van der Waals surface area (Å²) in [5.41, 5.74) is 0. The number of hydrogen-bond donors (Lipinski definition) is 2. The molecule has 0 aliphatic carbocycles. The first-order valence-corrected chi connectivity index (χ1v) is 5.88. The molecule has 2 N–H and O–H groups in total. The first kappa shape index (κ1) is 14.9. The maximum atomic E-state index is 10.6. The molecule has 0 saturated heterocycles.